The van der Waals surface area contributed by atoms with E-state index < -0.39 is 0 Å². The quantitative estimate of drug-likeness (QED) is 0.534. The number of hydrogen-bond donors (Lipinski definition) is 0. The van der Waals surface area contributed by atoms with E-state index >= 15 is 0 Å². The summed E-state index contributed by atoms with van der Waals surface area (Å²) >= 11 is 0. The monoisotopic (exact) mass is 152 g/mol. The van der Waals surface area contributed by atoms with Crippen LogP contribution < -0.4 is 0 Å². The smallest absolute Gasteiger partial charge is 0.0221 e. The summed E-state index contributed by atoms with van der Waals surface area (Å²) in [5, 5.41) is 0. The third kappa shape index (κ3) is 4.02. The van der Waals surface area contributed by atoms with E-state index in [0.717, 1.165) is 5.92 Å². The van der Waals surface area contributed by atoms with Gasteiger partial charge in [-0.25, -0.2) is 0 Å². The van der Waals surface area contributed by atoms with Crippen LogP contribution in [0.25, 0.3) is 0 Å². The summed E-state index contributed by atoms with van der Waals surface area (Å²) < 4.78 is 0. The minimum Gasteiger partial charge on any atom is -0.0814 e. The number of allylic oxidation sites excluding steroid dienone is 4. The molecule has 0 aromatic carbocycles. The number of hydrogen-bond acceptors (Lipinski definition) is 0. The van der Waals surface area contributed by atoms with Crippen molar-refractivity contribution in [1.29, 1.82) is 0 Å². The van der Waals surface area contributed by atoms with Gasteiger partial charge in [0.2, 0.25) is 0 Å². The molecule has 0 aromatic heterocycles. The van der Waals surface area contributed by atoms with Gasteiger partial charge in [-0.2, -0.15) is 0 Å². The molecule has 1 aliphatic rings. The normalized spacial score (nSPS) is 21.8. The first-order valence-corrected chi connectivity index (χ1v) is 4.69. The molecule has 0 heterocycles. The van der Waals surface area contributed by atoms with Gasteiger partial charge in [-0.1, -0.05) is 51.5 Å². The first-order valence-electron chi connectivity index (χ1n) is 4.69. The van der Waals surface area contributed by atoms with Crippen LogP contribution in [0.4, 0.5) is 0 Å². The van der Waals surface area contributed by atoms with Crippen molar-refractivity contribution in [3.8, 4) is 0 Å². The lowest BCUT2D eigenvalue weighted by Gasteiger charge is -2.11. The predicted molar refractivity (Wildman–Crippen MR) is 52.6 cm³/mol. The maximum atomic E-state index is 2.26. The average Bonchev–Trinajstić information content (AvgIpc) is 2.08. The average molecular weight is 152 g/mol. The molecule has 0 aromatic rings. The van der Waals surface area contributed by atoms with E-state index in [1.54, 1.807) is 5.57 Å². The maximum Gasteiger partial charge on any atom is -0.0221 e. The first-order chi connectivity index (χ1) is 5.33. The van der Waals surface area contributed by atoms with Gasteiger partial charge in [0.15, 0.2) is 0 Å². The van der Waals surface area contributed by atoms with E-state index in [2.05, 4.69) is 32.1 Å². The van der Waals surface area contributed by atoms with Crippen molar-refractivity contribution in [2.45, 2.75) is 40.5 Å². The highest BCUT2D eigenvalue weighted by molar-refractivity contribution is 5.18. The topological polar surface area (TPSA) is 0 Å². The number of rotatable bonds is 1. The predicted octanol–water partition coefficient (Wildman–Crippen LogP) is 3.95. The molecule has 0 heteroatoms. The largest absolute Gasteiger partial charge is 0.0814 e. The second-order valence-corrected chi connectivity index (χ2v) is 2.74. The summed E-state index contributed by atoms with van der Waals surface area (Å²) in [5.41, 5.74) is 1.59. The van der Waals surface area contributed by atoms with Gasteiger partial charge in [0.1, 0.15) is 0 Å². The van der Waals surface area contributed by atoms with Gasteiger partial charge in [-0.15, -0.1) is 0 Å². The Labute approximate surface area is 71.0 Å². The van der Waals surface area contributed by atoms with Crippen LogP contribution in [0, 0.1) is 5.92 Å². The Morgan fingerprint density at radius 3 is 2.45 bits per heavy atom. The summed E-state index contributed by atoms with van der Waals surface area (Å²) in [6, 6.07) is 0. The highest BCUT2D eigenvalue weighted by atomic mass is 14.1. The lowest BCUT2D eigenvalue weighted by atomic mass is 9.95. The zero-order valence-electron chi connectivity index (χ0n) is 8.22. The Bertz CT molecular complexity index is 140. The SMILES string of the molecule is CC.CCC1=CC=CC(C)C1. The van der Waals surface area contributed by atoms with Gasteiger partial charge in [0.05, 0.1) is 0 Å². The van der Waals surface area contributed by atoms with E-state index in [-0.39, 0.29) is 0 Å². The summed E-state index contributed by atoms with van der Waals surface area (Å²) in [6.07, 6.45) is 9.16. The molecular formula is C11H20. The molecule has 0 aliphatic heterocycles. The van der Waals surface area contributed by atoms with Crippen molar-refractivity contribution >= 4 is 0 Å². The van der Waals surface area contributed by atoms with E-state index in [1.165, 1.54) is 12.8 Å². The van der Waals surface area contributed by atoms with Crippen molar-refractivity contribution < 1.29 is 0 Å². The van der Waals surface area contributed by atoms with Crippen LogP contribution in [0.1, 0.15) is 40.5 Å². The van der Waals surface area contributed by atoms with Gasteiger partial charge < -0.3 is 0 Å². The van der Waals surface area contributed by atoms with Crippen LogP contribution in [-0.2, 0) is 0 Å². The Morgan fingerprint density at radius 1 is 1.45 bits per heavy atom. The molecule has 0 amide bonds. The van der Waals surface area contributed by atoms with Gasteiger partial charge in [0.25, 0.3) is 0 Å². The minimum absolute atomic E-state index is 0.768. The summed E-state index contributed by atoms with van der Waals surface area (Å²) in [4.78, 5) is 0. The van der Waals surface area contributed by atoms with Gasteiger partial charge in [-0.05, 0) is 18.8 Å². The Kier molecular flexibility index (Phi) is 5.91. The van der Waals surface area contributed by atoms with E-state index in [4.69, 9.17) is 0 Å². The van der Waals surface area contributed by atoms with Crippen LogP contribution in [0.3, 0.4) is 0 Å². The van der Waals surface area contributed by atoms with Crippen molar-refractivity contribution in [3.05, 3.63) is 23.8 Å². The van der Waals surface area contributed by atoms with Crippen LogP contribution in [0.15, 0.2) is 23.8 Å². The summed E-state index contributed by atoms with van der Waals surface area (Å²) in [6.45, 7) is 8.48. The fraction of sp³-hybridized carbons (Fsp3) is 0.636. The highest BCUT2D eigenvalue weighted by Crippen LogP contribution is 2.19. The van der Waals surface area contributed by atoms with Gasteiger partial charge in [0, 0.05) is 0 Å². The molecule has 0 saturated carbocycles. The Balaban J connectivity index is 0.000000461. The Morgan fingerprint density at radius 2 is 2.09 bits per heavy atom. The van der Waals surface area contributed by atoms with Crippen LogP contribution in [0.2, 0.25) is 0 Å². The van der Waals surface area contributed by atoms with Crippen LogP contribution in [0.5, 0.6) is 0 Å². The van der Waals surface area contributed by atoms with Crippen LogP contribution >= 0.6 is 0 Å². The molecule has 1 unspecified atom stereocenters. The van der Waals surface area contributed by atoms with E-state index in [1.807, 2.05) is 13.8 Å². The fourth-order valence-electron chi connectivity index (χ4n) is 1.19. The minimum atomic E-state index is 0.768. The molecule has 0 nitrogen and oxygen atoms in total. The van der Waals surface area contributed by atoms with Crippen molar-refractivity contribution in [1.82, 2.24) is 0 Å². The van der Waals surface area contributed by atoms with Gasteiger partial charge in [-0.3, -0.25) is 0 Å². The second-order valence-electron chi connectivity index (χ2n) is 2.74. The fourth-order valence-corrected chi connectivity index (χ4v) is 1.19. The third-order valence-electron chi connectivity index (χ3n) is 1.81. The summed E-state index contributed by atoms with van der Waals surface area (Å²) in [5.74, 6) is 0.768. The Hall–Kier alpha value is -0.520. The standard InChI is InChI=1S/C9H14.C2H6/c1-3-9-6-4-5-8(2)7-9;1-2/h4-6,8H,3,7H2,1-2H3;1-2H3. The van der Waals surface area contributed by atoms with Crippen molar-refractivity contribution in [2.24, 2.45) is 5.92 Å². The van der Waals surface area contributed by atoms with Gasteiger partial charge >= 0.3 is 0 Å². The second kappa shape index (κ2) is 6.21. The molecule has 1 rings (SSSR count). The first kappa shape index (κ1) is 10.5. The lowest BCUT2D eigenvalue weighted by molar-refractivity contribution is 0.689. The summed E-state index contributed by atoms with van der Waals surface area (Å²) in [7, 11) is 0. The van der Waals surface area contributed by atoms with Crippen LogP contribution in [-0.4, -0.2) is 0 Å². The molecule has 64 valence electrons. The molecule has 0 radical (unpaired) electrons. The molecule has 0 saturated heterocycles. The molecule has 1 aliphatic carbocycles. The highest BCUT2D eigenvalue weighted by Gasteiger charge is 2.02. The molecule has 1 atom stereocenters. The zero-order chi connectivity index (χ0) is 8.69. The van der Waals surface area contributed by atoms with Crippen molar-refractivity contribution in [3.63, 3.8) is 0 Å². The molecule has 0 N–H and O–H groups in total. The van der Waals surface area contributed by atoms with Crippen molar-refractivity contribution in [2.75, 3.05) is 0 Å². The zero-order valence-corrected chi connectivity index (χ0v) is 8.22. The molecule has 0 spiro atoms. The molecule has 0 fully saturated rings. The lowest BCUT2D eigenvalue weighted by Crippen LogP contribution is -1.95. The van der Waals surface area contributed by atoms with E-state index in [9.17, 15) is 0 Å². The molecule has 0 bridgehead atoms. The maximum absolute atomic E-state index is 2.26. The molecule has 11 heavy (non-hydrogen) atoms. The third-order valence-corrected chi connectivity index (χ3v) is 1.81. The van der Waals surface area contributed by atoms with E-state index in [0.29, 0.717) is 0 Å². The molecular weight excluding hydrogens is 132 g/mol.